The molecule has 0 bridgehead atoms. The zero-order valence-corrected chi connectivity index (χ0v) is 37.0. The normalized spacial score (nSPS) is 30.4. The number of nitrogens with one attached hydrogen (secondary N) is 1. The van der Waals surface area contributed by atoms with E-state index in [9.17, 15) is 14.4 Å². The molecular weight excluding hydrogens is 719 g/mol. The number of rotatable bonds is 25. The topological polar surface area (TPSA) is 92.7 Å². The van der Waals surface area contributed by atoms with E-state index in [0.717, 1.165) is 101 Å². The monoisotopic (exact) mass is 800 g/mol. The molecule has 58 heavy (non-hydrogen) atoms. The van der Waals surface area contributed by atoms with Crippen LogP contribution in [-0.2, 0) is 19.1 Å². The predicted molar refractivity (Wildman–Crippen MR) is 240 cm³/mol. The minimum absolute atomic E-state index is 0.0122. The molecule has 324 valence electrons. The van der Waals surface area contributed by atoms with Gasteiger partial charge in [-0.2, -0.15) is 0 Å². The lowest BCUT2D eigenvalue weighted by Gasteiger charge is -2.61. The fraction of sp³-hybridized carbons (Fsp3) is 0.712. The predicted octanol–water partition coefficient (Wildman–Crippen LogP) is 13.2. The highest BCUT2D eigenvalue weighted by molar-refractivity contribution is 5.81. The zero-order valence-electron chi connectivity index (χ0n) is 37.0. The molecule has 0 radical (unpaired) electrons. The zero-order chi connectivity index (χ0) is 41.6. The number of fused-ring (bicyclic) bond motifs is 5. The van der Waals surface area contributed by atoms with Gasteiger partial charge in [-0.25, -0.2) is 0 Å². The first-order valence-electron chi connectivity index (χ1n) is 23.7. The minimum Gasteiger partial charge on any atom is -0.480 e. The van der Waals surface area contributed by atoms with E-state index < -0.39 is 5.97 Å². The lowest BCUT2D eigenvalue weighted by molar-refractivity contribution is -0.162. The number of unbranched alkanes of at least 4 members (excludes halogenated alkanes) is 4. The number of hydrogen-bond acceptors (Lipinski definition) is 4. The van der Waals surface area contributed by atoms with Crippen molar-refractivity contribution in [3.8, 4) is 0 Å². The minimum atomic E-state index is -0.993. The Morgan fingerprint density at radius 3 is 1.91 bits per heavy atom. The van der Waals surface area contributed by atoms with Crippen molar-refractivity contribution in [1.82, 2.24) is 5.32 Å². The van der Waals surface area contributed by atoms with Crippen LogP contribution in [0.25, 0.3) is 0 Å². The second-order valence-electron chi connectivity index (χ2n) is 18.8. The molecule has 6 heteroatoms. The number of carboxylic acids is 1. The Labute approximate surface area is 353 Å². The van der Waals surface area contributed by atoms with E-state index in [4.69, 9.17) is 9.84 Å². The van der Waals surface area contributed by atoms with E-state index in [1.54, 1.807) is 0 Å². The van der Waals surface area contributed by atoms with Gasteiger partial charge in [0.05, 0.1) is 0 Å². The Hall–Kier alpha value is -3.15. The van der Waals surface area contributed by atoms with Crippen molar-refractivity contribution in [2.45, 2.75) is 181 Å². The molecule has 4 rings (SSSR count). The average molecular weight is 800 g/mol. The van der Waals surface area contributed by atoms with Crippen LogP contribution >= 0.6 is 0 Å². The lowest BCUT2D eigenvalue weighted by atomic mass is 9.44. The van der Waals surface area contributed by atoms with Crippen molar-refractivity contribution in [2.75, 3.05) is 6.54 Å². The molecule has 0 aromatic rings. The summed E-state index contributed by atoms with van der Waals surface area (Å²) in [5.41, 5.74) is 0.685. The highest BCUT2D eigenvalue weighted by Gasteiger charge is 2.60. The molecule has 4 saturated carbocycles. The molecule has 0 aromatic heterocycles. The summed E-state index contributed by atoms with van der Waals surface area (Å²) in [5.74, 6) is 2.94. The van der Waals surface area contributed by atoms with E-state index in [2.05, 4.69) is 106 Å². The fourth-order valence-corrected chi connectivity index (χ4v) is 11.9. The number of aliphatic carboxylic acids is 1. The first-order chi connectivity index (χ1) is 28.1. The molecule has 0 saturated heterocycles. The summed E-state index contributed by atoms with van der Waals surface area (Å²) in [6.45, 7) is 9.33. The second kappa shape index (κ2) is 25.5. The molecule has 4 aliphatic rings. The smallest absolute Gasteiger partial charge is 0.322 e. The molecule has 4 aliphatic carbocycles. The molecule has 1 amide bonds. The molecule has 6 nitrogen and oxygen atoms in total. The van der Waals surface area contributed by atoms with Gasteiger partial charge < -0.3 is 15.2 Å². The van der Waals surface area contributed by atoms with Crippen molar-refractivity contribution in [3.63, 3.8) is 0 Å². The van der Waals surface area contributed by atoms with Crippen LogP contribution in [0.1, 0.15) is 175 Å². The number of allylic oxidation sites excluding steroid dienone is 12. The lowest BCUT2D eigenvalue weighted by Crippen LogP contribution is -2.54. The Bertz CT molecular complexity index is 1440. The maximum absolute atomic E-state index is 12.9. The SMILES string of the molecule is CC/C=C\C/C=C\C/C=C\C/C=C\C/C=C\C/C=C\CCCCCCC(=O)OC1CCC2(C)C(CCC3C2CCC2(C)C(C(C)CCC(=O)NCC(=O)O)CCC32)C1. The van der Waals surface area contributed by atoms with Crippen molar-refractivity contribution < 1.29 is 24.2 Å². The molecule has 9 unspecified atom stereocenters. The van der Waals surface area contributed by atoms with E-state index in [0.29, 0.717) is 41.4 Å². The summed E-state index contributed by atoms with van der Waals surface area (Å²) in [6.07, 6.45) is 51.3. The Morgan fingerprint density at radius 1 is 0.690 bits per heavy atom. The van der Waals surface area contributed by atoms with Gasteiger partial charge in [0.15, 0.2) is 0 Å². The molecule has 0 aromatic carbocycles. The van der Waals surface area contributed by atoms with Crippen molar-refractivity contribution in [3.05, 3.63) is 72.9 Å². The van der Waals surface area contributed by atoms with E-state index in [-0.39, 0.29) is 24.5 Å². The van der Waals surface area contributed by atoms with E-state index in [1.165, 1.54) is 51.4 Å². The van der Waals surface area contributed by atoms with Crippen LogP contribution in [0, 0.1) is 46.3 Å². The standard InChI is InChI=1S/C52H81NO5/c1-5-6-7-8-9-10-11-12-13-14-15-16-17-18-19-20-21-22-23-24-25-26-27-28-50(57)58-43-35-37-51(3)42(39-43)30-31-44-46-33-32-45(52(46,4)38-36-47(44)51)41(2)29-34-48(54)53-40-49(55)56/h6-7,9-10,12-13,15-16,18-19,21-22,41-47H,5,8,11,14,17,20,23-40H2,1-4H3,(H,53,54)(H,55,56)/b7-6-,10-9-,13-12-,16-15-,19-18-,22-21-. The number of esters is 1. The third kappa shape index (κ3) is 14.8. The fourth-order valence-electron chi connectivity index (χ4n) is 11.9. The van der Waals surface area contributed by atoms with Gasteiger partial charge in [-0.1, -0.05) is 113 Å². The van der Waals surface area contributed by atoms with Crippen LogP contribution in [0.4, 0.5) is 0 Å². The number of carboxylic acid groups (broad SMARTS) is 1. The summed E-state index contributed by atoms with van der Waals surface area (Å²) in [4.78, 5) is 36.0. The van der Waals surface area contributed by atoms with Gasteiger partial charge in [-0.3, -0.25) is 14.4 Å². The largest absolute Gasteiger partial charge is 0.480 e. The number of ether oxygens (including phenoxy) is 1. The van der Waals surface area contributed by atoms with Crippen LogP contribution in [0.15, 0.2) is 72.9 Å². The van der Waals surface area contributed by atoms with Crippen molar-refractivity contribution in [1.29, 1.82) is 0 Å². The third-order valence-electron chi connectivity index (χ3n) is 15.0. The molecule has 0 aliphatic heterocycles. The van der Waals surface area contributed by atoms with Gasteiger partial charge in [0.1, 0.15) is 12.6 Å². The summed E-state index contributed by atoms with van der Waals surface area (Å²) in [7, 11) is 0. The molecular formula is C52H81NO5. The molecule has 4 fully saturated rings. The highest BCUT2D eigenvalue weighted by atomic mass is 16.5. The third-order valence-corrected chi connectivity index (χ3v) is 15.0. The van der Waals surface area contributed by atoms with Crippen LogP contribution in [-0.4, -0.2) is 35.6 Å². The molecule has 0 spiro atoms. The highest BCUT2D eigenvalue weighted by Crippen LogP contribution is 2.68. The van der Waals surface area contributed by atoms with Crippen LogP contribution in [0.2, 0.25) is 0 Å². The Kier molecular flexibility index (Phi) is 20.9. The van der Waals surface area contributed by atoms with Gasteiger partial charge in [-0.15, -0.1) is 0 Å². The van der Waals surface area contributed by atoms with Gasteiger partial charge in [0.25, 0.3) is 0 Å². The summed E-state index contributed by atoms with van der Waals surface area (Å²) in [5, 5.41) is 11.4. The van der Waals surface area contributed by atoms with Crippen LogP contribution in [0.3, 0.4) is 0 Å². The Morgan fingerprint density at radius 2 is 1.28 bits per heavy atom. The molecule has 9 atom stereocenters. The first kappa shape index (κ1) is 47.5. The van der Waals surface area contributed by atoms with Gasteiger partial charge in [0.2, 0.25) is 5.91 Å². The average Bonchev–Trinajstić information content (AvgIpc) is 3.57. The van der Waals surface area contributed by atoms with Crippen molar-refractivity contribution in [2.24, 2.45) is 46.3 Å². The molecule has 0 heterocycles. The van der Waals surface area contributed by atoms with E-state index in [1.807, 2.05) is 0 Å². The maximum Gasteiger partial charge on any atom is 0.322 e. The summed E-state index contributed by atoms with van der Waals surface area (Å²) in [6, 6.07) is 0. The number of amides is 1. The van der Waals surface area contributed by atoms with E-state index >= 15 is 0 Å². The van der Waals surface area contributed by atoms with Gasteiger partial charge in [-0.05, 0) is 168 Å². The summed E-state index contributed by atoms with van der Waals surface area (Å²) < 4.78 is 6.14. The Balaban J connectivity index is 1.04. The van der Waals surface area contributed by atoms with Crippen LogP contribution < -0.4 is 5.32 Å². The number of carbonyl (C=O) groups excluding carboxylic acids is 2. The number of carbonyl (C=O) groups is 3. The van der Waals surface area contributed by atoms with Gasteiger partial charge >= 0.3 is 11.9 Å². The maximum atomic E-state index is 12.9. The summed E-state index contributed by atoms with van der Waals surface area (Å²) >= 11 is 0. The molecule has 2 N–H and O–H groups in total. The first-order valence-corrected chi connectivity index (χ1v) is 23.7. The second-order valence-corrected chi connectivity index (χ2v) is 18.8. The quantitative estimate of drug-likeness (QED) is 0.0545. The van der Waals surface area contributed by atoms with Gasteiger partial charge in [0, 0.05) is 12.8 Å². The number of hydrogen-bond donors (Lipinski definition) is 2. The van der Waals surface area contributed by atoms with Crippen molar-refractivity contribution >= 4 is 17.8 Å². The van der Waals surface area contributed by atoms with Crippen LogP contribution in [0.5, 0.6) is 0 Å².